The maximum absolute atomic E-state index is 12.1. The third-order valence-electron chi connectivity index (χ3n) is 3.41. The highest BCUT2D eigenvalue weighted by atomic mass is 16.5. The first-order valence-electron chi connectivity index (χ1n) is 7.84. The number of carbonyl (C=O) groups excluding carboxylic acids is 3. The second-order valence-corrected chi connectivity index (χ2v) is 5.33. The van der Waals surface area contributed by atoms with E-state index in [1.165, 1.54) is 6.92 Å². The van der Waals surface area contributed by atoms with Crippen molar-refractivity contribution in [1.82, 2.24) is 5.32 Å². The van der Waals surface area contributed by atoms with Gasteiger partial charge in [0.05, 0.1) is 11.3 Å². The zero-order chi connectivity index (χ0) is 18.9. The summed E-state index contributed by atoms with van der Waals surface area (Å²) in [4.78, 5) is 35.7. The number of ether oxygens (including phenoxy) is 1. The number of benzene rings is 2. The smallest absolute Gasteiger partial charge is 0.326 e. The molecule has 132 valence electrons. The average molecular weight is 351 g/mol. The topological polar surface area (TPSA) is 108 Å². The number of hydrogen-bond donors (Lipinski definition) is 2. The van der Waals surface area contributed by atoms with Crippen LogP contribution in [0, 0.1) is 11.3 Å². The molecule has 1 atom stereocenters. The standard InChI is InChI=1S/C19H17N3O4/c1-13(18(24)22-16-10-6-5-9-15(16)11-20)26-17(23)12-21-19(25)14-7-3-2-4-8-14/h2-10,13H,12H2,1H3,(H,21,25)(H,22,24)/t13-/m1/s1. The number of hydrogen-bond acceptors (Lipinski definition) is 5. The van der Waals surface area contributed by atoms with Crippen LogP contribution in [0.4, 0.5) is 5.69 Å². The molecule has 0 aliphatic heterocycles. The molecule has 2 aromatic rings. The first-order chi connectivity index (χ1) is 12.5. The molecule has 7 heteroatoms. The molecule has 0 fully saturated rings. The minimum absolute atomic E-state index is 0.300. The molecule has 2 N–H and O–H groups in total. The Morgan fingerprint density at radius 1 is 1.08 bits per heavy atom. The van der Waals surface area contributed by atoms with Crippen LogP contribution in [0.3, 0.4) is 0 Å². The summed E-state index contributed by atoms with van der Waals surface area (Å²) >= 11 is 0. The van der Waals surface area contributed by atoms with Gasteiger partial charge in [0.15, 0.2) is 6.10 Å². The summed E-state index contributed by atoms with van der Waals surface area (Å²) in [6.07, 6.45) is -1.08. The van der Waals surface area contributed by atoms with Crippen LogP contribution < -0.4 is 10.6 Å². The maximum atomic E-state index is 12.1. The van der Waals surface area contributed by atoms with Gasteiger partial charge in [0.1, 0.15) is 12.6 Å². The molecule has 0 heterocycles. The van der Waals surface area contributed by atoms with Crippen LogP contribution in [0.15, 0.2) is 54.6 Å². The van der Waals surface area contributed by atoms with Gasteiger partial charge in [-0.25, -0.2) is 0 Å². The highest BCUT2D eigenvalue weighted by molar-refractivity contribution is 5.97. The van der Waals surface area contributed by atoms with Crippen molar-refractivity contribution in [3.63, 3.8) is 0 Å². The van der Waals surface area contributed by atoms with Crippen molar-refractivity contribution >= 4 is 23.5 Å². The van der Waals surface area contributed by atoms with E-state index in [4.69, 9.17) is 10.00 Å². The lowest BCUT2D eigenvalue weighted by Crippen LogP contribution is -2.35. The molecule has 0 aliphatic rings. The van der Waals surface area contributed by atoms with Crippen LogP contribution in [0.25, 0.3) is 0 Å². The molecule has 0 aromatic heterocycles. The lowest BCUT2D eigenvalue weighted by molar-refractivity contribution is -0.152. The second-order valence-electron chi connectivity index (χ2n) is 5.33. The van der Waals surface area contributed by atoms with Crippen molar-refractivity contribution in [1.29, 1.82) is 5.26 Å². The van der Waals surface area contributed by atoms with Gasteiger partial charge in [0.25, 0.3) is 11.8 Å². The number of para-hydroxylation sites is 1. The zero-order valence-corrected chi connectivity index (χ0v) is 14.1. The zero-order valence-electron chi connectivity index (χ0n) is 14.1. The summed E-state index contributed by atoms with van der Waals surface area (Å²) in [5, 5.41) is 14.0. The number of esters is 1. The Bertz CT molecular complexity index is 843. The molecule has 0 aliphatic carbocycles. The van der Waals surface area contributed by atoms with Crippen LogP contribution in [0.2, 0.25) is 0 Å². The fourth-order valence-corrected chi connectivity index (χ4v) is 2.06. The number of rotatable bonds is 6. The molecule has 2 amide bonds. The van der Waals surface area contributed by atoms with Crippen LogP contribution in [0.5, 0.6) is 0 Å². The number of nitriles is 1. The lowest BCUT2D eigenvalue weighted by atomic mass is 10.2. The Morgan fingerprint density at radius 3 is 2.42 bits per heavy atom. The van der Waals surface area contributed by atoms with Crippen LogP contribution in [-0.2, 0) is 14.3 Å². The van der Waals surface area contributed by atoms with E-state index in [0.29, 0.717) is 16.8 Å². The summed E-state index contributed by atoms with van der Waals surface area (Å²) in [7, 11) is 0. The van der Waals surface area contributed by atoms with Gasteiger partial charge in [-0.15, -0.1) is 0 Å². The molecular formula is C19H17N3O4. The summed E-state index contributed by atoms with van der Waals surface area (Å²) in [6.45, 7) is 1.04. The van der Waals surface area contributed by atoms with Gasteiger partial charge in [0, 0.05) is 5.56 Å². The lowest BCUT2D eigenvalue weighted by Gasteiger charge is -2.14. The third kappa shape index (κ3) is 5.18. The van der Waals surface area contributed by atoms with Gasteiger partial charge in [-0.3, -0.25) is 14.4 Å². The summed E-state index contributed by atoms with van der Waals surface area (Å²) in [6, 6.07) is 16.9. The first kappa shape index (κ1) is 18.7. The van der Waals surface area contributed by atoms with E-state index in [9.17, 15) is 14.4 Å². The molecule has 2 rings (SSSR count). The molecule has 0 saturated heterocycles. The third-order valence-corrected chi connectivity index (χ3v) is 3.41. The average Bonchev–Trinajstić information content (AvgIpc) is 2.67. The molecule has 0 bridgehead atoms. The monoisotopic (exact) mass is 351 g/mol. The number of amides is 2. The number of anilines is 1. The Kier molecular flexibility index (Phi) is 6.46. The first-order valence-corrected chi connectivity index (χ1v) is 7.84. The van der Waals surface area contributed by atoms with Crippen molar-refractivity contribution in [2.24, 2.45) is 0 Å². The van der Waals surface area contributed by atoms with Gasteiger partial charge in [-0.2, -0.15) is 5.26 Å². The van der Waals surface area contributed by atoms with Gasteiger partial charge in [0.2, 0.25) is 0 Å². The normalized spacial score (nSPS) is 10.9. The van der Waals surface area contributed by atoms with Crippen molar-refractivity contribution in [3.05, 3.63) is 65.7 Å². The van der Waals surface area contributed by atoms with E-state index >= 15 is 0 Å². The van der Waals surface area contributed by atoms with E-state index in [1.807, 2.05) is 6.07 Å². The van der Waals surface area contributed by atoms with E-state index in [0.717, 1.165) is 0 Å². The Morgan fingerprint density at radius 2 is 1.73 bits per heavy atom. The van der Waals surface area contributed by atoms with E-state index < -0.39 is 23.9 Å². The predicted molar refractivity (Wildman–Crippen MR) is 94.1 cm³/mol. The molecule has 7 nitrogen and oxygen atoms in total. The molecule has 0 radical (unpaired) electrons. The summed E-state index contributed by atoms with van der Waals surface area (Å²) < 4.78 is 5.00. The minimum Gasteiger partial charge on any atom is -0.451 e. The second kappa shape index (κ2) is 8.99. The number of nitrogens with zero attached hydrogens (tertiary/aromatic N) is 1. The van der Waals surface area contributed by atoms with Crippen LogP contribution >= 0.6 is 0 Å². The number of nitrogens with one attached hydrogen (secondary N) is 2. The summed E-state index contributed by atoms with van der Waals surface area (Å²) in [5.41, 5.74) is 1.05. The largest absolute Gasteiger partial charge is 0.451 e. The van der Waals surface area contributed by atoms with Gasteiger partial charge in [-0.05, 0) is 31.2 Å². The minimum atomic E-state index is -1.08. The fourth-order valence-electron chi connectivity index (χ4n) is 2.06. The van der Waals surface area contributed by atoms with Crippen LogP contribution in [0.1, 0.15) is 22.8 Å². The van der Waals surface area contributed by atoms with Crippen molar-refractivity contribution in [2.75, 3.05) is 11.9 Å². The highest BCUT2D eigenvalue weighted by Gasteiger charge is 2.19. The van der Waals surface area contributed by atoms with E-state index in [1.54, 1.807) is 54.6 Å². The molecule has 0 spiro atoms. The molecule has 26 heavy (non-hydrogen) atoms. The summed E-state index contributed by atoms with van der Waals surface area (Å²) in [5.74, 6) is -1.73. The van der Waals surface area contributed by atoms with Crippen molar-refractivity contribution in [2.45, 2.75) is 13.0 Å². The van der Waals surface area contributed by atoms with E-state index in [2.05, 4.69) is 10.6 Å². The molecule has 0 unspecified atom stereocenters. The fraction of sp³-hybridized carbons (Fsp3) is 0.158. The van der Waals surface area contributed by atoms with Gasteiger partial charge < -0.3 is 15.4 Å². The van der Waals surface area contributed by atoms with E-state index in [-0.39, 0.29) is 6.54 Å². The molecular weight excluding hydrogens is 334 g/mol. The van der Waals surface area contributed by atoms with Gasteiger partial charge in [-0.1, -0.05) is 30.3 Å². The van der Waals surface area contributed by atoms with Gasteiger partial charge >= 0.3 is 5.97 Å². The quantitative estimate of drug-likeness (QED) is 0.772. The van der Waals surface area contributed by atoms with Crippen LogP contribution in [-0.4, -0.2) is 30.4 Å². The Hall–Kier alpha value is -3.66. The molecule has 2 aromatic carbocycles. The Balaban J connectivity index is 1.83. The highest BCUT2D eigenvalue weighted by Crippen LogP contribution is 2.14. The Labute approximate surface area is 150 Å². The van der Waals surface area contributed by atoms with Crippen molar-refractivity contribution < 1.29 is 19.1 Å². The predicted octanol–water partition coefficient (Wildman–Crippen LogP) is 1.86. The maximum Gasteiger partial charge on any atom is 0.326 e. The number of carbonyl (C=O) groups is 3. The SMILES string of the molecule is C[C@@H](OC(=O)CNC(=O)c1ccccc1)C(=O)Nc1ccccc1C#N. The molecule has 0 saturated carbocycles. The van der Waals surface area contributed by atoms with Crippen molar-refractivity contribution in [3.8, 4) is 6.07 Å².